The van der Waals surface area contributed by atoms with Gasteiger partial charge < -0.3 is 10.2 Å². The van der Waals surface area contributed by atoms with E-state index >= 15 is 0 Å². The molecule has 1 aliphatic heterocycles. The van der Waals surface area contributed by atoms with Crippen molar-refractivity contribution in [3.8, 4) is 0 Å². The number of hydrogen-bond acceptors (Lipinski definition) is 3. The molecule has 0 aliphatic carbocycles. The van der Waals surface area contributed by atoms with Gasteiger partial charge in [0.05, 0.1) is 22.4 Å². The van der Waals surface area contributed by atoms with Gasteiger partial charge in [-0.1, -0.05) is 24.3 Å². The first kappa shape index (κ1) is 17.1. The molecule has 1 aliphatic rings. The summed E-state index contributed by atoms with van der Waals surface area (Å²) in [6.45, 7) is 0.553. The maximum Gasteiger partial charge on any atom is 0.329 e. The van der Waals surface area contributed by atoms with Crippen LogP contribution in [0.5, 0.6) is 0 Å². The Labute approximate surface area is 155 Å². The lowest BCUT2D eigenvalue weighted by atomic mass is 10.2. The Balaban J connectivity index is 1.61. The average Bonchev–Trinajstić information content (AvgIpc) is 3.20. The molecule has 0 spiro atoms. The standard InChI is InChI=1S/C20H20N4O3/c1-22-16-9-4-5-10-17(16)24(20(22)27)13-18(25)21-14-7-2-3-8-15(14)23-12-6-11-19(23)26/h2-5,7-10H,6,11-13H2,1H3,(H,21,25). The fraction of sp³-hybridized carbons (Fsp3) is 0.250. The summed E-state index contributed by atoms with van der Waals surface area (Å²) in [5.41, 5.74) is 2.51. The lowest BCUT2D eigenvalue weighted by molar-refractivity contribution is -0.117. The molecule has 1 fully saturated rings. The monoisotopic (exact) mass is 364 g/mol. The van der Waals surface area contributed by atoms with Gasteiger partial charge in [0.15, 0.2) is 0 Å². The van der Waals surface area contributed by atoms with E-state index in [-0.39, 0.29) is 24.0 Å². The van der Waals surface area contributed by atoms with Crippen molar-refractivity contribution in [2.75, 3.05) is 16.8 Å². The predicted molar refractivity (Wildman–Crippen MR) is 104 cm³/mol. The van der Waals surface area contributed by atoms with Crippen LogP contribution in [-0.2, 0) is 23.2 Å². The van der Waals surface area contributed by atoms with Crippen LogP contribution in [0.15, 0.2) is 53.3 Å². The second kappa shape index (κ2) is 6.75. The van der Waals surface area contributed by atoms with E-state index in [0.29, 0.717) is 29.9 Å². The molecule has 0 saturated carbocycles. The summed E-state index contributed by atoms with van der Waals surface area (Å²) in [5.74, 6) is -0.255. The highest BCUT2D eigenvalue weighted by atomic mass is 16.2. The minimum atomic E-state index is -0.312. The Hall–Kier alpha value is -3.35. The number of anilines is 2. The van der Waals surface area contributed by atoms with Crippen LogP contribution in [-0.4, -0.2) is 27.5 Å². The molecule has 0 radical (unpaired) electrons. The van der Waals surface area contributed by atoms with Gasteiger partial charge in [-0.3, -0.25) is 18.7 Å². The van der Waals surface area contributed by atoms with Gasteiger partial charge in [0.2, 0.25) is 11.8 Å². The molecule has 2 amide bonds. The molecule has 138 valence electrons. The zero-order chi connectivity index (χ0) is 19.0. The maximum absolute atomic E-state index is 12.7. The van der Waals surface area contributed by atoms with Gasteiger partial charge in [-0.15, -0.1) is 0 Å². The first-order valence-electron chi connectivity index (χ1n) is 8.90. The van der Waals surface area contributed by atoms with Crippen molar-refractivity contribution in [3.05, 3.63) is 59.0 Å². The molecule has 1 aromatic heterocycles. The predicted octanol–water partition coefficient (Wildman–Crippen LogP) is 2.11. The van der Waals surface area contributed by atoms with E-state index in [1.807, 2.05) is 42.5 Å². The molecule has 2 aromatic carbocycles. The van der Waals surface area contributed by atoms with Crippen LogP contribution in [0.3, 0.4) is 0 Å². The van der Waals surface area contributed by atoms with Crippen molar-refractivity contribution in [1.82, 2.24) is 9.13 Å². The van der Waals surface area contributed by atoms with Crippen LogP contribution in [0.4, 0.5) is 11.4 Å². The Bertz CT molecular complexity index is 1100. The van der Waals surface area contributed by atoms with Crippen LogP contribution in [0, 0.1) is 0 Å². The van der Waals surface area contributed by atoms with E-state index in [0.717, 1.165) is 11.9 Å². The first-order valence-corrected chi connectivity index (χ1v) is 8.90. The van der Waals surface area contributed by atoms with Crippen LogP contribution in [0.2, 0.25) is 0 Å². The highest BCUT2D eigenvalue weighted by Gasteiger charge is 2.24. The summed E-state index contributed by atoms with van der Waals surface area (Å²) in [6.07, 6.45) is 1.33. The van der Waals surface area contributed by atoms with Crippen molar-refractivity contribution in [3.63, 3.8) is 0 Å². The van der Waals surface area contributed by atoms with Crippen molar-refractivity contribution < 1.29 is 9.59 Å². The molecule has 4 rings (SSSR count). The topological polar surface area (TPSA) is 76.3 Å². The molecule has 3 aromatic rings. The normalized spacial score (nSPS) is 14.1. The number of rotatable bonds is 4. The molecule has 1 N–H and O–H groups in total. The highest BCUT2D eigenvalue weighted by molar-refractivity contribution is 6.02. The summed E-state index contributed by atoms with van der Waals surface area (Å²) >= 11 is 0. The number of carbonyl (C=O) groups excluding carboxylic acids is 2. The van der Waals surface area contributed by atoms with E-state index in [2.05, 4.69) is 5.32 Å². The molecular formula is C20H20N4O3. The van der Waals surface area contributed by atoms with Gasteiger partial charge in [-0.25, -0.2) is 4.79 Å². The molecule has 2 heterocycles. The van der Waals surface area contributed by atoms with Gasteiger partial charge in [0, 0.05) is 20.0 Å². The highest BCUT2D eigenvalue weighted by Crippen LogP contribution is 2.29. The fourth-order valence-corrected chi connectivity index (χ4v) is 3.57. The lowest BCUT2D eigenvalue weighted by Crippen LogP contribution is -2.29. The van der Waals surface area contributed by atoms with Gasteiger partial charge in [-0.2, -0.15) is 0 Å². The Morgan fingerprint density at radius 2 is 1.74 bits per heavy atom. The molecule has 27 heavy (non-hydrogen) atoms. The van der Waals surface area contributed by atoms with Gasteiger partial charge in [0.1, 0.15) is 6.54 Å². The Kier molecular flexibility index (Phi) is 4.27. The molecule has 0 atom stereocenters. The lowest BCUT2D eigenvalue weighted by Gasteiger charge is -2.20. The third kappa shape index (κ3) is 3.01. The quantitative estimate of drug-likeness (QED) is 0.770. The summed E-state index contributed by atoms with van der Waals surface area (Å²) in [7, 11) is 1.69. The summed E-state index contributed by atoms with van der Waals surface area (Å²) < 4.78 is 2.98. The number of hydrogen-bond donors (Lipinski definition) is 1. The third-order valence-electron chi connectivity index (χ3n) is 4.90. The van der Waals surface area contributed by atoms with E-state index in [4.69, 9.17) is 0 Å². The number of nitrogens with one attached hydrogen (secondary N) is 1. The molecular weight excluding hydrogens is 344 g/mol. The van der Waals surface area contributed by atoms with Gasteiger partial charge >= 0.3 is 5.69 Å². The number of nitrogens with zero attached hydrogens (tertiary/aromatic N) is 3. The minimum absolute atomic E-state index is 0.0574. The van der Waals surface area contributed by atoms with Crippen molar-refractivity contribution >= 4 is 34.2 Å². The number of fused-ring (bicyclic) bond motifs is 1. The maximum atomic E-state index is 12.7. The number of aryl methyl sites for hydroxylation is 1. The van der Waals surface area contributed by atoms with Crippen LogP contribution in [0.1, 0.15) is 12.8 Å². The Morgan fingerprint density at radius 1 is 1.04 bits per heavy atom. The summed E-state index contributed by atoms with van der Waals surface area (Å²) in [5, 5.41) is 2.86. The molecule has 7 nitrogen and oxygen atoms in total. The zero-order valence-electron chi connectivity index (χ0n) is 15.0. The third-order valence-corrected chi connectivity index (χ3v) is 4.90. The molecule has 1 saturated heterocycles. The summed E-state index contributed by atoms with van der Waals surface area (Å²) in [4.78, 5) is 38.9. The second-order valence-electron chi connectivity index (χ2n) is 6.63. The average molecular weight is 364 g/mol. The largest absolute Gasteiger partial charge is 0.329 e. The van der Waals surface area contributed by atoms with Crippen molar-refractivity contribution in [2.24, 2.45) is 7.05 Å². The number of amides is 2. The minimum Gasteiger partial charge on any atom is -0.323 e. The number of carbonyl (C=O) groups is 2. The number of aromatic nitrogens is 2. The fourth-order valence-electron chi connectivity index (χ4n) is 3.57. The van der Waals surface area contributed by atoms with Crippen LogP contribution < -0.4 is 15.9 Å². The van der Waals surface area contributed by atoms with E-state index in [1.54, 1.807) is 18.0 Å². The first-order chi connectivity index (χ1) is 13.1. The van der Waals surface area contributed by atoms with Gasteiger partial charge in [-0.05, 0) is 30.7 Å². The van der Waals surface area contributed by atoms with Crippen molar-refractivity contribution in [2.45, 2.75) is 19.4 Å². The number of benzene rings is 2. The smallest absolute Gasteiger partial charge is 0.323 e. The summed E-state index contributed by atoms with van der Waals surface area (Å²) in [6, 6.07) is 14.6. The zero-order valence-corrected chi connectivity index (χ0v) is 15.0. The van der Waals surface area contributed by atoms with Crippen LogP contribution in [0.25, 0.3) is 11.0 Å². The van der Waals surface area contributed by atoms with E-state index < -0.39 is 0 Å². The molecule has 0 unspecified atom stereocenters. The number of imidazole rings is 1. The second-order valence-corrected chi connectivity index (χ2v) is 6.63. The van der Waals surface area contributed by atoms with Crippen molar-refractivity contribution in [1.29, 1.82) is 0 Å². The SMILES string of the molecule is Cn1c(=O)n(CC(=O)Nc2ccccc2N2CCCC2=O)c2ccccc21. The van der Waals surface area contributed by atoms with Gasteiger partial charge in [0.25, 0.3) is 0 Å². The number of para-hydroxylation sites is 4. The Morgan fingerprint density at radius 3 is 2.48 bits per heavy atom. The molecule has 7 heteroatoms. The van der Waals surface area contributed by atoms with E-state index in [9.17, 15) is 14.4 Å². The van der Waals surface area contributed by atoms with Crippen LogP contribution >= 0.6 is 0 Å². The van der Waals surface area contributed by atoms with E-state index in [1.165, 1.54) is 9.13 Å². The molecule has 0 bridgehead atoms.